The van der Waals surface area contributed by atoms with Gasteiger partial charge in [-0.05, 0) is 30.9 Å². The van der Waals surface area contributed by atoms with Gasteiger partial charge >= 0.3 is 0 Å². The molecule has 3 rings (SSSR count). The summed E-state index contributed by atoms with van der Waals surface area (Å²) in [6, 6.07) is 3.40. The lowest BCUT2D eigenvalue weighted by atomic mass is 9.79. The van der Waals surface area contributed by atoms with Crippen LogP contribution in [0.4, 0.5) is 4.39 Å². The van der Waals surface area contributed by atoms with Crippen LogP contribution in [0.5, 0.6) is 0 Å². The van der Waals surface area contributed by atoms with Crippen molar-refractivity contribution in [2.75, 3.05) is 0 Å². The van der Waals surface area contributed by atoms with E-state index in [9.17, 15) is 4.39 Å². The first-order valence-corrected chi connectivity index (χ1v) is 5.76. The van der Waals surface area contributed by atoms with Crippen molar-refractivity contribution in [3.05, 3.63) is 29.0 Å². The summed E-state index contributed by atoms with van der Waals surface area (Å²) in [5, 5.41) is 0. The van der Waals surface area contributed by atoms with Crippen molar-refractivity contribution in [2.45, 2.75) is 25.2 Å². The molecule has 0 unspecified atom stereocenters. The lowest BCUT2D eigenvalue weighted by Crippen LogP contribution is -2.11. The van der Waals surface area contributed by atoms with Crippen LogP contribution in [0.1, 0.15) is 30.7 Å². The molecule has 0 bridgehead atoms. The minimum Gasteiger partial charge on any atom is -0.244 e. The van der Waals surface area contributed by atoms with Gasteiger partial charge in [-0.3, -0.25) is 0 Å². The number of hydrogen-bond acceptors (Lipinski definition) is 2. The van der Waals surface area contributed by atoms with E-state index in [1.165, 1.54) is 6.42 Å². The van der Waals surface area contributed by atoms with E-state index in [1.807, 2.05) is 6.07 Å². The van der Waals surface area contributed by atoms with E-state index in [0.29, 0.717) is 5.92 Å². The van der Waals surface area contributed by atoms with Crippen LogP contribution in [0.15, 0.2) is 17.6 Å². The number of fused-ring (bicyclic) bond motifs is 1. The SMILES string of the molecule is Fc1ccc2scnc2c1C1CCC1. The molecule has 1 aromatic heterocycles. The van der Waals surface area contributed by atoms with Crippen LogP contribution in [-0.2, 0) is 0 Å². The van der Waals surface area contributed by atoms with Gasteiger partial charge < -0.3 is 0 Å². The van der Waals surface area contributed by atoms with Gasteiger partial charge in [0.2, 0.25) is 0 Å². The standard InChI is InChI=1S/C11H10FNS/c12-8-4-5-9-11(13-6-14-9)10(8)7-2-1-3-7/h4-7H,1-3H2. The van der Waals surface area contributed by atoms with Crippen LogP contribution in [0.25, 0.3) is 10.2 Å². The molecule has 0 amide bonds. The zero-order valence-corrected chi connectivity index (χ0v) is 8.48. The second-order valence-corrected chi connectivity index (χ2v) is 4.67. The fraction of sp³-hybridized carbons (Fsp3) is 0.364. The Hall–Kier alpha value is -0.960. The Labute approximate surface area is 85.6 Å². The maximum atomic E-state index is 13.6. The molecular formula is C11H10FNS. The Morgan fingerprint density at radius 3 is 2.93 bits per heavy atom. The second-order valence-electron chi connectivity index (χ2n) is 3.79. The molecule has 72 valence electrons. The Kier molecular flexibility index (Phi) is 1.80. The minimum atomic E-state index is -0.0758. The highest BCUT2D eigenvalue weighted by Crippen LogP contribution is 2.41. The Morgan fingerprint density at radius 1 is 1.36 bits per heavy atom. The summed E-state index contributed by atoms with van der Waals surface area (Å²) >= 11 is 1.58. The lowest BCUT2D eigenvalue weighted by Gasteiger charge is -2.26. The first kappa shape index (κ1) is 8.36. The third-order valence-corrected chi connectivity index (χ3v) is 3.80. The minimum absolute atomic E-state index is 0.0758. The summed E-state index contributed by atoms with van der Waals surface area (Å²) < 4.78 is 14.7. The van der Waals surface area contributed by atoms with E-state index >= 15 is 0 Å². The predicted octanol–water partition coefficient (Wildman–Crippen LogP) is 3.70. The molecule has 0 radical (unpaired) electrons. The molecule has 2 aromatic rings. The number of thiazole rings is 1. The third-order valence-electron chi connectivity index (χ3n) is 3.00. The van der Waals surface area contributed by atoms with Crippen LogP contribution in [-0.4, -0.2) is 4.98 Å². The Bertz CT molecular complexity index is 473. The second kappa shape index (κ2) is 3.02. The molecule has 0 aliphatic heterocycles. The van der Waals surface area contributed by atoms with Crippen molar-refractivity contribution in [3.8, 4) is 0 Å². The molecule has 0 spiro atoms. The van der Waals surface area contributed by atoms with Crippen LogP contribution >= 0.6 is 11.3 Å². The van der Waals surface area contributed by atoms with Gasteiger partial charge in [-0.25, -0.2) is 9.37 Å². The molecule has 0 atom stereocenters. The fourth-order valence-electron chi connectivity index (χ4n) is 2.01. The quantitative estimate of drug-likeness (QED) is 0.694. The molecule has 3 heteroatoms. The molecule has 1 fully saturated rings. The van der Waals surface area contributed by atoms with Crippen LogP contribution in [0, 0.1) is 5.82 Å². The zero-order valence-electron chi connectivity index (χ0n) is 7.66. The third kappa shape index (κ3) is 1.08. The van der Waals surface area contributed by atoms with Crippen LogP contribution in [0.2, 0.25) is 0 Å². The highest BCUT2D eigenvalue weighted by Gasteiger charge is 2.25. The average Bonchev–Trinajstić information content (AvgIpc) is 2.54. The molecule has 1 heterocycles. The highest BCUT2D eigenvalue weighted by molar-refractivity contribution is 7.16. The number of aromatic nitrogens is 1. The Morgan fingerprint density at radius 2 is 2.21 bits per heavy atom. The predicted molar refractivity (Wildman–Crippen MR) is 56.2 cm³/mol. The topological polar surface area (TPSA) is 12.9 Å². The summed E-state index contributed by atoms with van der Waals surface area (Å²) in [4.78, 5) is 4.26. The molecular weight excluding hydrogens is 197 g/mol. The molecule has 14 heavy (non-hydrogen) atoms. The number of halogens is 1. The largest absolute Gasteiger partial charge is 0.244 e. The summed E-state index contributed by atoms with van der Waals surface area (Å²) in [5.74, 6) is 0.342. The van der Waals surface area contributed by atoms with Crippen molar-refractivity contribution in [1.29, 1.82) is 0 Å². The van der Waals surface area contributed by atoms with E-state index in [2.05, 4.69) is 4.98 Å². The van der Waals surface area contributed by atoms with Crippen LogP contribution in [0.3, 0.4) is 0 Å². The zero-order chi connectivity index (χ0) is 9.54. The molecule has 1 aromatic carbocycles. The molecule has 1 nitrogen and oxygen atoms in total. The van der Waals surface area contributed by atoms with Gasteiger partial charge in [-0.2, -0.15) is 0 Å². The van der Waals surface area contributed by atoms with E-state index in [0.717, 1.165) is 28.6 Å². The number of benzene rings is 1. The fourth-order valence-corrected chi connectivity index (χ4v) is 2.71. The van der Waals surface area contributed by atoms with E-state index in [-0.39, 0.29) is 5.82 Å². The van der Waals surface area contributed by atoms with Crippen molar-refractivity contribution in [2.24, 2.45) is 0 Å². The van der Waals surface area contributed by atoms with Crippen LogP contribution < -0.4 is 0 Å². The van der Waals surface area contributed by atoms with Gasteiger partial charge in [0.15, 0.2) is 0 Å². The first-order chi connectivity index (χ1) is 6.86. The van der Waals surface area contributed by atoms with Crippen molar-refractivity contribution < 1.29 is 4.39 Å². The average molecular weight is 207 g/mol. The maximum absolute atomic E-state index is 13.6. The first-order valence-electron chi connectivity index (χ1n) is 4.88. The summed E-state index contributed by atoms with van der Waals surface area (Å²) in [7, 11) is 0. The van der Waals surface area contributed by atoms with Crippen molar-refractivity contribution in [1.82, 2.24) is 4.98 Å². The van der Waals surface area contributed by atoms with Gasteiger partial charge in [-0.15, -0.1) is 11.3 Å². The molecule has 0 saturated heterocycles. The smallest absolute Gasteiger partial charge is 0.128 e. The maximum Gasteiger partial charge on any atom is 0.128 e. The highest BCUT2D eigenvalue weighted by atomic mass is 32.1. The lowest BCUT2D eigenvalue weighted by molar-refractivity contribution is 0.407. The number of rotatable bonds is 1. The van der Waals surface area contributed by atoms with E-state index in [1.54, 1.807) is 22.9 Å². The summed E-state index contributed by atoms with van der Waals surface area (Å²) in [6.07, 6.45) is 3.46. The van der Waals surface area contributed by atoms with Gasteiger partial charge in [0.25, 0.3) is 0 Å². The van der Waals surface area contributed by atoms with Gasteiger partial charge in [-0.1, -0.05) is 6.42 Å². The van der Waals surface area contributed by atoms with E-state index < -0.39 is 0 Å². The summed E-state index contributed by atoms with van der Waals surface area (Å²) in [6.45, 7) is 0. The van der Waals surface area contributed by atoms with Gasteiger partial charge in [0.05, 0.1) is 15.7 Å². The van der Waals surface area contributed by atoms with Crippen molar-refractivity contribution in [3.63, 3.8) is 0 Å². The normalized spacial score (nSPS) is 17.2. The number of hydrogen-bond donors (Lipinski definition) is 0. The molecule has 1 aliphatic rings. The Balaban J connectivity index is 2.26. The number of nitrogens with zero attached hydrogens (tertiary/aromatic N) is 1. The van der Waals surface area contributed by atoms with Gasteiger partial charge in [0, 0.05) is 5.56 Å². The molecule has 1 saturated carbocycles. The molecule has 0 N–H and O–H groups in total. The van der Waals surface area contributed by atoms with Gasteiger partial charge in [0.1, 0.15) is 5.82 Å². The molecule has 1 aliphatic carbocycles. The van der Waals surface area contributed by atoms with E-state index in [4.69, 9.17) is 0 Å². The monoisotopic (exact) mass is 207 g/mol. The van der Waals surface area contributed by atoms with Crippen molar-refractivity contribution >= 4 is 21.6 Å². The summed E-state index contributed by atoms with van der Waals surface area (Å²) in [5.41, 5.74) is 3.54.